The highest BCUT2D eigenvalue weighted by atomic mass is 35.5. The van der Waals surface area contributed by atoms with Crippen molar-refractivity contribution in [1.82, 2.24) is 5.32 Å². The Labute approximate surface area is 144 Å². The normalized spacial score (nSPS) is 22.2. The van der Waals surface area contributed by atoms with Crippen LogP contribution in [0.3, 0.4) is 0 Å². The van der Waals surface area contributed by atoms with Gasteiger partial charge in [0.05, 0.1) is 6.42 Å². The van der Waals surface area contributed by atoms with E-state index in [1.165, 1.54) is 31.2 Å². The predicted molar refractivity (Wildman–Crippen MR) is 94.1 cm³/mol. The molecule has 1 heterocycles. The summed E-state index contributed by atoms with van der Waals surface area (Å²) in [7, 11) is 0. The third-order valence-electron chi connectivity index (χ3n) is 4.86. The van der Waals surface area contributed by atoms with Gasteiger partial charge in [0, 0.05) is 18.5 Å². The smallest absolute Gasteiger partial charge is 0.223 e. The minimum Gasteiger partial charge on any atom is -0.489 e. The van der Waals surface area contributed by atoms with Gasteiger partial charge >= 0.3 is 0 Å². The quantitative estimate of drug-likeness (QED) is 0.829. The molecule has 1 aliphatic heterocycles. The lowest BCUT2D eigenvalue weighted by molar-refractivity contribution is -0.122. The van der Waals surface area contributed by atoms with E-state index in [9.17, 15) is 4.79 Å². The molecule has 1 aromatic rings. The van der Waals surface area contributed by atoms with Crippen molar-refractivity contribution in [2.24, 2.45) is 5.73 Å². The highest BCUT2D eigenvalue weighted by Gasteiger charge is 2.28. The monoisotopic (exact) mass is 338 g/mol. The minimum atomic E-state index is -0.217. The Morgan fingerprint density at radius 2 is 1.91 bits per heavy atom. The first-order valence-electron chi connectivity index (χ1n) is 8.45. The lowest BCUT2D eigenvalue weighted by atomic mass is 9.91. The van der Waals surface area contributed by atoms with Gasteiger partial charge in [0.2, 0.25) is 5.91 Å². The molecule has 3 rings (SSSR count). The zero-order valence-corrected chi connectivity index (χ0v) is 14.4. The van der Waals surface area contributed by atoms with Crippen LogP contribution in [0.4, 0.5) is 0 Å². The first kappa shape index (κ1) is 18.1. The average Bonchev–Trinajstić information content (AvgIpc) is 2.78. The summed E-state index contributed by atoms with van der Waals surface area (Å²) in [6, 6.07) is 8.00. The third-order valence-corrected chi connectivity index (χ3v) is 4.86. The summed E-state index contributed by atoms with van der Waals surface area (Å²) >= 11 is 0. The Kier molecular flexibility index (Phi) is 6.31. The maximum atomic E-state index is 12.2. The first-order valence-corrected chi connectivity index (χ1v) is 8.45. The Morgan fingerprint density at radius 3 is 2.61 bits per heavy atom. The molecule has 1 saturated carbocycles. The second-order valence-electron chi connectivity index (χ2n) is 6.81. The fourth-order valence-corrected chi connectivity index (χ4v) is 3.53. The molecule has 4 nitrogen and oxygen atoms in total. The molecule has 2 aliphatic rings. The molecule has 0 bridgehead atoms. The lowest BCUT2D eigenvalue weighted by Crippen LogP contribution is -2.50. The van der Waals surface area contributed by atoms with Crippen LogP contribution in [0.1, 0.15) is 50.5 Å². The zero-order valence-electron chi connectivity index (χ0n) is 13.6. The molecule has 1 aliphatic carbocycles. The van der Waals surface area contributed by atoms with E-state index in [4.69, 9.17) is 10.5 Å². The Hall–Kier alpha value is -1.26. The van der Waals surface area contributed by atoms with Crippen LogP contribution in [-0.2, 0) is 11.2 Å². The Morgan fingerprint density at radius 1 is 1.22 bits per heavy atom. The van der Waals surface area contributed by atoms with Crippen molar-refractivity contribution < 1.29 is 9.53 Å². The van der Waals surface area contributed by atoms with E-state index in [-0.39, 0.29) is 30.0 Å². The van der Waals surface area contributed by atoms with Crippen molar-refractivity contribution in [3.05, 3.63) is 29.8 Å². The number of hydrogen-bond acceptors (Lipinski definition) is 3. The van der Waals surface area contributed by atoms with Gasteiger partial charge in [-0.1, -0.05) is 43.9 Å². The predicted octanol–water partition coefficient (Wildman–Crippen LogP) is 2.97. The maximum absolute atomic E-state index is 12.2. The molecule has 23 heavy (non-hydrogen) atoms. The maximum Gasteiger partial charge on any atom is 0.223 e. The summed E-state index contributed by atoms with van der Waals surface area (Å²) in [5, 5.41) is 3.03. The molecule has 3 N–H and O–H groups in total. The molecule has 1 fully saturated rings. The van der Waals surface area contributed by atoms with Crippen molar-refractivity contribution in [3.8, 4) is 5.75 Å². The van der Waals surface area contributed by atoms with Gasteiger partial charge in [0.25, 0.3) is 0 Å². The molecule has 0 aromatic heterocycles. The van der Waals surface area contributed by atoms with Crippen LogP contribution in [0.5, 0.6) is 5.75 Å². The Bertz CT molecular complexity index is 503. The van der Waals surface area contributed by atoms with Crippen LogP contribution >= 0.6 is 12.4 Å². The topological polar surface area (TPSA) is 64.3 Å². The number of fused-ring (bicyclic) bond motifs is 1. The van der Waals surface area contributed by atoms with Crippen LogP contribution in [0.15, 0.2) is 24.3 Å². The molecule has 1 aromatic carbocycles. The number of para-hydroxylation sites is 1. The highest BCUT2D eigenvalue weighted by molar-refractivity contribution is 5.85. The summed E-state index contributed by atoms with van der Waals surface area (Å²) in [6.45, 7) is 0.589. The van der Waals surface area contributed by atoms with E-state index < -0.39 is 0 Å². The van der Waals surface area contributed by atoms with Gasteiger partial charge in [-0.05, 0) is 24.5 Å². The number of nitrogens with one attached hydrogen (secondary N) is 1. The van der Waals surface area contributed by atoms with E-state index in [2.05, 4.69) is 11.4 Å². The lowest BCUT2D eigenvalue weighted by Gasteiger charge is -2.28. The second-order valence-corrected chi connectivity index (χ2v) is 6.81. The van der Waals surface area contributed by atoms with Gasteiger partial charge in [-0.15, -0.1) is 12.4 Å². The number of carbonyl (C=O) groups excluding carboxylic acids is 1. The van der Waals surface area contributed by atoms with Crippen LogP contribution in [-0.4, -0.2) is 24.1 Å². The minimum absolute atomic E-state index is 0. The summed E-state index contributed by atoms with van der Waals surface area (Å²) in [6.07, 6.45) is 8.09. The molecule has 1 amide bonds. The fourth-order valence-electron chi connectivity index (χ4n) is 3.53. The number of rotatable bonds is 4. The molecular formula is C18H27ClN2O2. The highest BCUT2D eigenvalue weighted by Crippen LogP contribution is 2.29. The van der Waals surface area contributed by atoms with Gasteiger partial charge in [0.1, 0.15) is 11.9 Å². The summed E-state index contributed by atoms with van der Waals surface area (Å²) < 4.78 is 5.82. The van der Waals surface area contributed by atoms with Crippen molar-refractivity contribution in [1.29, 1.82) is 0 Å². The molecule has 0 radical (unpaired) electrons. The summed E-state index contributed by atoms with van der Waals surface area (Å²) in [5.41, 5.74) is 7.42. The molecular weight excluding hydrogens is 312 g/mol. The summed E-state index contributed by atoms with van der Waals surface area (Å²) in [5.74, 6) is 0.964. The molecule has 1 atom stereocenters. The second kappa shape index (κ2) is 8.02. The van der Waals surface area contributed by atoms with Crippen molar-refractivity contribution in [3.63, 3.8) is 0 Å². The van der Waals surface area contributed by atoms with Crippen molar-refractivity contribution in [2.75, 3.05) is 6.54 Å². The van der Waals surface area contributed by atoms with E-state index in [1.54, 1.807) is 0 Å². The van der Waals surface area contributed by atoms with E-state index >= 15 is 0 Å². The number of ether oxygens (including phenoxy) is 1. The van der Waals surface area contributed by atoms with Crippen LogP contribution < -0.4 is 15.8 Å². The average molecular weight is 339 g/mol. The number of carbonyl (C=O) groups is 1. The van der Waals surface area contributed by atoms with E-state index in [0.29, 0.717) is 13.0 Å². The third kappa shape index (κ3) is 4.85. The standard InChI is InChI=1S/C18H26N2O2.ClH/c19-18(9-5-1-2-6-10-18)13-20-17(21)12-15-11-14-7-3-4-8-16(14)22-15;/h3-4,7-8,15H,1-2,5-6,9-13,19H2,(H,20,21);1H. The van der Waals surface area contributed by atoms with E-state index in [1.807, 2.05) is 18.2 Å². The van der Waals surface area contributed by atoms with Gasteiger partial charge in [-0.25, -0.2) is 0 Å². The van der Waals surface area contributed by atoms with Crippen molar-refractivity contribution >= 4 is 18.3 Å². The molecule has 0 saturated heterocycles. The molecule has 128 valence electrons. The number of nitrogens with two attached hydrogens (primary N) is 1. The number of amides is 1. The summed E-state index contributed by atoms with van der Waals surface area (Å²) in [4.78, 5) is 12.2. The van der Waals surface area contributed by atoms with Crippen LogP contribution in [0.25, 0.3) is 0 Å². The zero-order chi connectivity index (χ0) is 15.4. The molecule has 0 spiro atoms. The van der Waals surface area contributed by atoms with Gasteiger partial charge < -0.3 is 15.8 Å². The SMILES string of the molecule is Cl.NC1(CNC(=O)CC2Cc3ccccc3O2)CCCCCC1. The number of halogens is 1. The molecule has 1 unspecified atom stereocenters. The number of hydrogen-bond donors (Lipinski definition) is 2. The number of benzene rings is 1. The van der Waals surface area contributed by atoms with Gasteiger partial charge in [0.15, 0.2) is 0 Å². The van der Waals surface area contributed by atoms with E-state index in [0.717, 1.165) is 25.0 Å². The van der Waals surface area contributed by atoms with Gasteiger partial charge in [-0.2, -0.15) is 0 Å². The first-order chi connectivity index (χ1) is 10.6. The molecule has 5 heteroatoms. The Balaban J connectivity index is 0.00000192. The largest absolute Gasteiger partial charge is 0.489 e. The van der Waals surface area contributed by atoms with Crippen molar-refractivity contribution in [2.45, 2.75) is 63.0 Å². The van der Waals surface area contributed by atoms with Gasteiger partial charge in [-0.3, -0.25) is 4.79 Å². The fraction of sp³-hybridized carbons (Fsp3) is 0.611. The van der Waals surface area contributed by atoms with Crippen LogP contribution in [0.2, 0.25) is 0 Å². The van der Waals surface area contributed by atoms with Crippen LogP contribution in [0, 0.1) is 0 Å².